The number of hydrogen-bond acceptors (Lipinski definition) is 8. The Morgan fingerprint density at radius 1 is 1.10 bits per heavy atom. The van der Waals surface area contributed by atoms with Gasteiger partial charge in [0, 0.05) is 29.4 Å². The van der Waals surface area contributed by atoms with Crippen LogP contribution in [0.1, 0.15) is 49.4 Å². The number of carbonyl (C=O) groups excluding carboxylic acids is 1. The zero-order valence-corrected chi connectivity index (χ0v) is 24.2. The molecule has 2 fully saturated rings. The third kappa shape index (κ3) is 4.93. The molecule has 4 aromatic rings. The van der Waals surface area contributed by atoms with Crippen molar-refractivity contribution in [2.45, 2.75) is 64.1 Å². The summed E-state index contributed by atoms with van der Waals surface area (Å²) in [5.74, 6) is 0.291. The Labute approximate surface area is 245 Å². The summed E-state index contributed by atoms with van der Waals surface area (Å²) in [6.07, 6.45) is 9.99. The number of ether oxygens (including phenoxy) is 1. The van der Waals surface area contributed by atoms with Crippen LogP contribution in [0.2, 0.25) is 0 Å². The first-order valence-corrected chi connectivity index (χ1v) is 15.1. The van der Waals surface area contributed by atoms with Crippen LogP contribution < -0.4 is 20.7 Å². The highest BCUT2D eigenvalue weighted by molar-refractivity contribution is 5.97. The highest BCUT2D eigenvalue weighted by Crippen LogP contribution is 2.40. The summed E-state index contributed by atoms with van der Waals surface area (Å²) >= 11 is 0. The largest absolute Gasteiger partial charge is 0.461 e. The molecule has 2 aromatic heterocycles. The van der Waals surface area contributed by atoms with Gasteiger partial charge in [-0.3, -0.25) is 14.4 Å². The number of nitrogens with one attached hydrogen (secondary N) is 1. The van der Waals surface area contributed by atoms with Crippen molar-refractivity contribution in [2.75, 3.05) is 36.5 Å². The van der Waals surface area contributed by atoms with Crippen molar-refractivity contribution in [1.29, 1.82) is 0 Å². The third-order valence-electron chi connectivity index (χ3n) is 9.23. The highest BCUT2D eigenvalue weighted by Gasteiger charge is 2.45. The number of rotatable bonds is 9. The van der Waals surface area contributed by atoms with Crippen molar-refractivity contribution in [3.05, 3.63) is 65.6 Å². The number of benzene rings is 2. The topological polar surface area (TPSA) is 114 Å². The lowest BCUT2D eigenvalue weighted by Crippen LogP contribution is -2.43. The highest BCUT2D eigenvalue weighted by atomic mass is 16.5. The smallest absolute Gasteiger partial charge is 0.318 e. The number of anilines is 3. The van der Waals surface area contributed by atoms with Crippen LogP contribution >= 0.6 is 0 Å². The Kier molecular flexibility index (Phi) is 6.93. The molecule has 10 heteroatoms. The first-order valence-electron chi connectivity index (χ1n) is 15.1. The molecule has 1 amide bonds. The fraction of sp³-hybridized carbons (Fsp3) is 0.438. The number of primary amides is 1. The van der Waals surface area contributed by atoms with E-state index in [1.807, 2.05) is 0 Å². The summed E-state index contributed by atoms with van der Waals surface area (Å²) in [5, 5.41) is 10.3. The average Bonchev–Trinajstić information content (AvgIpc) is 3.71. The van der Waals surface area contributed by atoms with E-state index < -0.39 is 5.91 Å². The first-order chi connectivity index (χ1) is 20.5. The number of hydrogen-bond donors (Lipinski definition) is 2. The van der Waals surface area contributed by atoms with Crippen molar-refractivity contribution >= 4 is 33.9 Å². The molecule has 0 saturated carbocycles. The van der Waals surface area contributed by atoms with E-state index in [-0.39, 0.29) is 12.1 Å². The number of aryl methyl sites for hydroxylation is 1. The fourth-order valence-corrected chi connectivity index (χ4v) is 7.21. The molecule has 0 atom stereocenters. The minimum absolute atomic E-state index is 0.0241. The summed E-state index contributed by atoms with van der Waals surface area (Å²) in [6, 6.07) is 13.5. The van der Waals surface area contributed by atoms with E-state index in [0.717, 1.165) is 68.1 Å². The van der Waals surface area contributed by atoms with E-state index in [9.17, 15) is 4.79 Å². The van der Waals surface area contributed by atoms with Crippen molar-refractivity contribution in [3.8, 4) is 6.01 Å². The van der Waals surface area contributed by atoms with Crippen LogP contribution in [0.3, 0.4) is 0 Å². The predicted molar refractivity (Wildman–Crippen MR) is 163 cm³/mol. The molecule has 2 aromatic carbocycles. The zero-order chi connectivity index (χ0) is 28.7. The lowest BCUT2D eigenvalue weighted by Gasteiger charge is -2.33. The summed E-state index contributed by atoms with van der Waals surface area (Å²) in [7, 11) is 0. The molecule has 218 valence electrons. The van der Waals surface area contributed by atoms with Gasteiger partial charge in [-0.25, -0.2) is 0 Å². The molecule has 0 aliphatic carbocycles. The van der Waals surface area contributed by atoms with Crippen LogP contribution in [-0.4, -0.2) is 62.3 Å². The SMILES string of the molecule is CCc1cccc2cccc(N3CCc4c(nc(OCC56CCCN5CCC6)nc4Nc4cnn(CC(N)=O)c4)C3)c12. The van der Waals surface area contributed by atoms with Crippen LogP contribution in [-0.2, 0) is 30.7 Å². The minimum atomic E-state index is -0.438. The van der Waals surface area contributed by atoms with Crippen LogP contribution in [0, 0.1) is 0 Å². The number of aromatic nitrogens is 4. The molecule has 42 heavy (non-hydrogen) atoms. The van der Waals surface area contributed by atoms with E-state index in [4.69, 9.17) is 20.4 Å². The Bertz CT molecular complexity index is 1620. The monoisotopic (exact) mass is 566 g/mol. The molecule has 0 unspecified atom stereocenters. The van der Waals surface area contributed by atoms with Crippen LogP contribution in [0.15, 0.2) is 48.8 Å². The number of nitrogens with zero attached hydrogens (tertiary/aromatic N) is 6. The second kappa shape index (κ2) is 10.9. The quantitative estimate of drug-likeness (QED) is 0.310. The average molecular weight is 567 g/mol. The molecule has 3 aliphatic heterocycles. The second-order valence-corrected chi connectivity index (χ2v) is 11.8. The van der Waals surface area contributed by atoms with E-state index >= 15 is 0 Å². The standard InChI is InChI=1S/C32H38N8O2/c1-2-22-7-3-8-23-9-4-10-27(29(22)23)38-16-11-25-26(19-38)36-31(42-21-32-12-5-14-39(32)15-6-13-32)37-30(25)35-24-17-34-40(18-24)20-28(33)41/h3-4,7-10,17-18H,2,5-6,11-16,19-21H2,1H3,(H2,33,41)(H,35,36,37). The Balaban J connectivity index is 1.22. The molecular formula is C32H38N8O2. The van der Waals surface area contributed by atoms with Crippen molar-refractivity contribution in [2.24, 2.45) is 5.73 Å². The molecule has 10 nitrogen and oxygen atoms in total. The van der Waals surface area contributed by atoms with Crippen molar-refractivity contribution in [1.82, 2.24) is 24.6 Å². The van der Waals surface area contributed by atoms with Crippen molar-refractivity contribution < 1.29 is 9.53 Å². The Morgan fingerprint density at radius 2 is 1.90 bits per heavy atom. The minimum Gasteiger partial charge on any atom is -0.461 e. The molecule has 5 heterocycles. The molecule has 2 saturated heterocycles. The van der Waals surface area contributed by atoms with E-state index in [0.29, 0.717) is 19.2 Å². The van der Waals surface area contributed by atoms with Crippen molar-refractivity contribution in [3.63, 3.8) is 0 Å². The first kappa shape index (κ1) is 26.7. The fourth-order valence-electron chi connectivity index (χ4n) is 7.21. The molecule has 0 spiro atoms. The summed E-state index contributed by atoms with van der Waals surface area (Å²) in [5.41, 5.74) is 10.9. The van der Waals surface area contributed by atoms with Gasteiger partial charge < -0.3 is 20.7 Å². The van der Waals surface area contributed by atoms with E-state index in [2.05, 4.69) is 63.5 Å². The van der Waals surface area contributed by atoms with E-state index in [1.54, 1.807) is 12.4 Å². The maximum atomic E-state index is 11.4. The van der Waals surface area contributed by atoms with Gasteiger partial charge >= 0.3 is 6.01 Å². The number of carbonyl (C=O) groups is 1. The summed E-state index contributed by atoms with van der Waals surface area (Å²) < 4.78 is 7.97. The van der Waals surface area contributed by atoms with Gasteiger partial charge in [-0.1, -0.05) is 37.3 Å². The maximum absolute atomic E-state index is 11.4. The van der Waals surface area contributed by atoms with Crippen LogP contribution in [0.25, 0.3) is 10.8 Å². The Morgan fingerprint density at radius 3 is 2.69 bits per heavy atom. The number of nitrogens with two attached hydrogens (primary N) is 1. The van der Waals surface area contributed by atoms with Gasteiger partial charge in [0.25, 0.3) is 0 Å². The van der Waals surface area contributed by atoms with Gasteiger partial charge in [-0.05, 0) is 68.6 Å². The van der Waals surface area contributed by atoms with Crippen LogP contribution in [0.5, 0.6) is 6.01 Å². The van der Waals surface area contributed by atoms with Crippen LogP contribution in [0.4, 0.5) is 17.2 Å². The van der Waals surface area contributed by atoms with Gasteiger partial charge in [0.1, 0.15) is 19.0 Å². The number of fused-ring (bicyclic) bond motifs is 3. The van der Waals surface area contributed by atoms with Gasteiger partial charge in [0.15, 0.2) is 0 Å². The molecule has 0 bridgehead atoms. The number of amides is 1. The summed E-state index contributed by atoms with van der Waals surface area (Å²) in [4.78, 5) is 26.3. The maximum Gasteiger partial charge on any atom is 0.318 e. The molecule has 3 aliphatic rings. The van der Waals surface area contributed by atoms with Gasteiger partial charge in [0.05, 0.1) is 29.7 Å². The second-order valence-electron chi connectivity index (χ2n) is 11.8. The third-order valence-corrected chi connectivity index (χ3v) is 9.23. The molecule has 0 radical (unpaired) electrons. The lowest BCUT2D eigenvalue weighted by molar-refractivity contribution is -0.118. The van der Waals surface area contributed by atoms with Gasteiger partial charge in [-0.15, -0.1) is 0 Å². The normalized spacial score (nSPS) is 17.8. The Hall–Kier alpha value is -4.18. The molecular weight excluding hydrogens is 528 g/mol. The predicted octanol–water partition coefficient (Wildman–Crippen LogP) is 4.19. The zero-order valence-electron chi connectivity index (χ0n) is 24.2. The van der Waals surface area contributed by atoms with E-state index in [1.165, 1.54) is 39.5 Å². The summed E-state index contributed by atoms with van der Waals surface area (Å²) in [6.45, 7) is 6.66. The van der Waals surface area contributed by atoms with Gasteiger partial charge in [0.2, 0.25) is 5.91 Å². The molecule has 3 N–H and O–H groups in total. The molecule has 7 rings (SSSR count). The van der Waals surface area contributed by atoms with Gasteiger partial charge in [-0.2, -0.15) is 15.1 Å². The lowest BCUT2D eigenvalue weighted by atomic mass is 9.95.